The molecule has 0 amide bonds. The number of ether oxygens (including phenoxy) is 2. The maximum atomic E-state index is 11.4. The Morgan fingerprint density at radius 2 is 2.10 bits per heavy atom. The van der Waals surface area contributed by atoms with Crippen molar-refractivity contribution in [2.75, 3.05) is 19.8 Å². The summed E-state index contributed by atoms with van der Waals surface area (Å²) in [5.74, 6) is 0. The van der Waals surface area contributed by atoms with Crippen molar-refractivity contribution in [1.82, 2.24) is 10.3 Å². The van der Waals surface area contributed by atoms with Crippen LogP contribution in [0.25, 0.3) is 0 Å². The molecule has 0 radical (unpaired) electrons. The molecule has 1 aromatic heterocycles. The van der Waals surface area contributed by atoms with Crippen LogP contribution in [0.3, 0.4) is 0 Å². The first-order chi connectivity index (χ1) is 9.74. The van der Waals surface area contributed by atoms with E-state index in [0.29, 0.717) is 19.8 Å². The molecular weight excluding hydrogens is 256 g/mol. The Balaban J connectivity index is 1.99. The van der Waals surface area contributed by atoms with Crippen LogP contribution < -0.4 is 10.9 Å². The van der Waals surface area contributed by atoms with Gasteiger partial charge < -0.3 is 19.8 Å². The molecule has 1 atom stereocenters. The highest BCUT2D eigenvalue weighted by Crippen LogP contribution is 2.27. The highest BCUT2D eigenvalue weighted by atomic mass is 16.7. The van der Waals surface area contributed by atoms with Gasteiger partial charge in [0.05, 0.1) is 0 Å². The van der Waals surface area contributed by atoms with Crippen LogP contribution in [0.4, 0.5) is 0 Å². The van der Waals surface area contributed by atoms with Gasteiger partial charge in [-0.05, 0) is 38.7 Å². The zero-order valence-electron chi connectivity index (χ0n) is 12.3. The van der Waals surface area contributed by atoms with E-state index in [0.717, 1.165) is 25.0 Å². The zero-order valence-corrected chi connectivity index (χ0v) is 12.3. The maximum Gasteiger partial charge on any atom is 0.248 e. The van der Waals surface area contributed by atoms with E-state index < -0.39 is 0 Å². The van der Waals surface area contributed by atoms with Gasteiger partial charge in [0.15, 0.2) is 6.29 Å². The number of aromatic amines is 1. The molecule has 0 fully saturated rings. The average molecular weight is 280 g/mol. The van der Waals surface area contributed by atoms with Gasteiger partial charge in [0.1, 0.15) is 0 Å². The van der Waals surface area contributed by atoms with Gasteiger partial charge in [-0.25, -0.2) is 0 Å². The number of nitrogens with one attached hydrogen (secondary N) is 2. The number of H-pyrrole nitrogens is 1. The molecule has 1 unspecified atom stereocenters. The average Bonchev–Trinajstić information content (AvgIpc) is 2.44. The number of rotatable bonds is 7. The fourth-order valence-corrected chi connectivity index (χ4v) is 2.69. The Morgan fingerprint density at radius 1 is 1.35 bits per heavy atom. The standard InChI is InChI=1S/C15H24N2O3/c1-3-19-15(20-4-2)10-16-12-6-5-7-13-11(12)8-9-14(18)17-13/h8-9,12,15-16H,3-7,10H2,1-2H3,(H,17,18). The number of fused-ring (bicyclic) bond motifs is 1. The van der Waals surface area contributed by atoms with E-state index in [2.05, 4.69) is 10.3 Å². The van der Waals surface area contributed by atoms with Crippen LogP contribution in [-0.4, -0.2) is 31.0 Å². The molecule has 0 saturated carbocycles. The van der Waals surface area contributed by atoms with Gasteiger partial charge in [0.2, 0.25) is 5.56 Å². The van der Waals surface area contributed by atoms with Crippen molar-refractivity contribution in [1.29, 1.82) is 0 Å². The van der Waals surface area contributed by atoms with Gasteiger partial charge in [0.25, 0.3) is 0 Å². The van der Waals surface area contributed by atoms with Gasteiger partial charge in [-0.3, -0.25) is 4.79 Å². The summed E-state index contributed by atoms with van der Waals surface area (Å²) in [6, 6.07) is 3.79. The molecule has 1 aliphatic carbocycles. The van der Waals surface area contributed by atoms with Crippen molar-refractivity contribution in [2.45, 2.75) is 45.4 Å². The SMILES string of the molecule is CCOC(CNC1CCCc2[nH]c(=O)ccc21)OCC. The van der Waals surface area contributed by atoms with Crippen LogP contribution in [0.15, 0.2) is 16.9 Å². The van der Waals surface area contributed by atoms with Crippen LogP contribution in [0, 0.1) is 0 Å². The third-order valence-electron chi connectivity index (χ3n) is 3.57. The molecule has 112 valence electrons. The van der Waals surface area contributed by atoms with Crippen LogP contribution in [-0.2, 0) is 15.9 Å². The second-order valence-corrected chi connectivity index (χ2v) is 4.95. The third-order valence-corrected chi connectivity index (χ3v) is 3.57. The van der Waals surface area contributed by atoms with E-state index in [1.54, 1.807) is 6.07 Å². The highest BCUT2D eigenvalue weighted by molar-refractivity contribution is 5.26. The normalized spacial score (nSPS) is 18.2. The molecule has 0 saturated heterocycles. The van der Waals surface area contributed by atoms with Crippen molar-refractivity contribution in [3.63, 3.8) is 0 Å². The molecule has 1 aliphatic rings. The molecule has 20 heavy (non-hydrogen) atoms. The summed E-state index contributed by atoms with van der Waals surface area (Å²) in [6.07, 6.45) is 2.89. The van der Waals surface area contributed by atoms with E-state index in [4.69, 9.17) is 9.47 Å². The molecule has 0 bridgehead atoms. The second-order valence-electron chi connectivity index (χ2n) is 4.95. The summed E-state index contributed by atoms with van der Waals surface area (Å²) in [5, 5.41) is 3.49. The van der Waals surface area contributed by atoms with E-state index >= 15 is 0 Å². The summed E-state index contributed by atoms with van der Waals surface area (Å²) >= 11 is 0. The second kappa shape index (κ2) is 7.57. The lowest BCUT2D eigenvalue weighted by Gasteiger charge is -2.27. The van der Waals surface area contributed by atoms with Gasteiger partial charge in [-0.15, -0.1) is 0 Å². The lowest BCUT2D eigenvalue weighted by atomic mass is 9.91. The van der Waals surface area contributed by atoms with Crippen molar-refractivity contribution < 1.29 is 9.47 Å². The monoisotopic (exact) mass is 280 g/mol. The Labute approximate surface area is 119 Å². The summed E-state index contributed by atoms with van der Waals surface area (Å²) in [4.78, 5) is 14.3. The van der Waals surface area contributed by atoms with Gasteiger partial charge in [0, 0.05) is 37.6 Å². The molecule has 0 aliphatic heterocycles. The summed E-state index contributed by atoms with van der Waals surface area (Å²) < 4.78 is 11.1. The smallest absolute Gasteiger partial charge is 0.248 e. The number of hydrogen-bond acceptors (Lipinski definition) is 4. The number of aromatic nitrogens is 1. The predicted octanol–water partition coefficient (Wildman–Crippen LogP) is 1.74. The first kappa shape index (κ1) is 15.2. The molecule has 2 N–H and O–H groups in total. The zero-order chi connectivity index (χ0) is 14.4. The Bertz CT molecular complexity index is 466. The van der Waals surface area contributed by atoms with Crippen LogP contribution >= 0.6 is 0 Å². The molecular formula is C15H24N2O3. The van der Waals surface area contributed by atoms with Gasteiger partial charge in [-0.1, -0.05) is 6.07 Å². The molecule has 5 nitrogen and oxygen atoms in total. The maximum absolute atomic E-state index is 11.4. The number of pyridine rings is 1. The molecule has 0 spiro atoms. The third kappa shape index (κ3) is 3.91. The van der Waals surface area contributed by atoms with Crippen molar-refractivity contribution >= 4 is 0 Å². The molecule has 0 aromatic carbocycles. The predicted molar refractivity (Wildman–Crippen MR) is 77.8 cm³/mol. The quantitative estimate of drug-likeness (QED) is 0.747. The molecule has 2 rings (SSSR count). The number of hydrogen-bond donors (Lipinski definition) is 2. The first-order valence-electron chi connectivity index (χ1n) is 7.43. The minimum Gasteiger partial charge on any atom is -0.352 e. The van der Waals surface area contributed by atoms with E-state index in [-0.39, 0.29) is 17.9 Å². The van der Waals surface area contributed by atoms with Gasteiger partial charge >= 0.3 is 0 Å². The molecule has 1 aromatic rings. The van der Waals surface area contributed by atoms with E-state index in [9.17, 15) is 4.79 Å². The largest absolute Gasteiger partial charge is 0.352 e. The minimum absolute atomic E-state index is 0.0223. The highest BCUT2D eigenvalue weighted by Gasteiger charge is 2.21. The van der Waals surface area contributed by atoms with E-state index in [1.807, 2.05) is 19.9 Å². The van der Waals surface area contributed by atoms with Crippen molar-refractivity contribution in [3.8, 4) is 0 Å². The van der Waals surface area contributed by atoms with Crippen LogP contribution in [0.1, 0.15) is 44.0 Å². The fourth-order valence-electron chi connectivity index (χ4n) is 2.69. The Kier molecular flexibility index (Phi) is 5.76. The lowest BCUT2D eigenvalue weighted by molar-refractivity contribution is -0.134. The molecule has 5 heteroatoms. The summed E-state index contributed by atoms with van der Waals surface area (Å²) in [6.45, 7) is 5.87. The number of aryl methyl sites for hydroxylation is 1. The van der Waals surface area contributed by atoms with Crippen LogP contribution in [0.5, 0.6) is 0 Å². The fraction of sp³-hybridized carbons (Fsp3) is 0.667. The van der Waals surface area contributed by atoms with Gasteiger partial charge in [-0.2, -0.15) is 0 Å². The summed E-state index contributed by atoms with van der Waals surface area (Å²) in [5.41, 5.74) is 2.24. The van der Waals surface area contributed by atoms with Crippen molar-refractivity contribution in [2.24, 2.45) is 0 Å². The topological polar surface area (TPSA) is 63.3 Å². The Hall–Kier alpha value is -1.17. The first-order valence-corrected chi connectivity index (χ1v) is 7.43. The van der Waals surface area contributed by atoms with Crippen molar-refractivity contribution in [3.05, 3.63) is 33.7 Å². The van der Waals surface area contributed by atoms with Crippen LogP contribution in [0.2, 0.25) is 0 Å². The molecule has 1 heterocycles. The summed E-state index contributed by atoms with van der Waals surface area (Å²) in [7, 11) is 0. The Morgan fingerprint density at radius 3 is 2.80 bits per heavy atom. The van der Waals surface area contributed by atoms with E-state index in [1.165, 1.54) is 5.56 Å². The minimum atomic E-state index is -0.210. The lowest BCUT2D eigenvalue weighted by Crippen LogP contribution is -2.35.